The van der Waals surface area contributed by atoms with Gasteiger partial charge in [-0.25, -0.2) is 4.79 Å². The molecule has 0 bridgehead atoms. The molecule has 0 spiro atoms. The number of methoxy groups -OCH3 is 2. The van der Waals surface area contributed by atoms with Gasteiger partial charge in [0, 0.05) is 3.57 Å². The first-order valence-electron chi connectivity index (χ1n) is 6.73. The summed E-state index contributed by atoms with van der Waals surface area (Å²) in [6, 6.07) is 3.20. The highest BCUT2D eigenvalue weighted by atomic mass is 127. The molecule has 1 rings (SSSR count). The Kier molecular flexibility index (Phi) is 6.93. The molecule has 1 aromatic carbocycles. The average Bonchev–Trinajstić information content (AvgIpc) is 2.48. The quantitative estimate of drug-likeness (QED) is 0.545. The van der Waals surface area contributed by atoms with Crippen LogP contribution in [0.15, 0.2) is 12.1 Å². The summed E-state index contributed by atoms with van der Waals surface area (Å²) in [5.74, 6) is -0.523. The van der Waals surface area contributed by atoms with Crippen LogP contribution in [-0.2, 0) is 9.53 Å². The zero-order valence-electron chi connectivity index (χ0n) is 13.0. The monoisotopic (exact) mass is 439 g/mol. The van der Waals surface area contributed by atoms with Crippen LogP contribution in [0.3, 0.4) is 0 Å². The van der Waals surface area contributed by atoms with Crippen LogP contribution in [0.1, 0.15) is 37.0 Å². The molecule has 0 heterocycles. The van der Waals surface area contributed by atoms with E-state index in [0.717, 1.165) is 9.99 Å². The summed E-state index contributed by atoms with van der Waals surface area (Å²) < 4.78 is 10.8. The van der Waals surface area contributed by atoms with Crippen molar-refractivity contribution in [3.63, 3.8) is 0 Å². The summed E-state index contributed by atoms with van der Waals surface area (Å²) in [6.45, 7) is 3.57. The summed E-state index contributed by atoms with van der Waals surface area (Å²) in [4.78, 5) is 24.5. The summed E-state index contributed by atoms with van der Waals surface area (Å²) >= 11 is 8.13. The average molecular weight is 440 g/mol. The lowest BCUT2D eigenvalue weighted by atomic mass is 9.95. The molecule has 0 fully saturated rings. The van der Waals surface area contributed by atoms with Crippen LogP contribution in [0.4, 0.5) is 0 Å². The lowest BCUT2D eigenvalue weighted by Crippen LogP contribution is -2.52. The Morgan fingerprint density at radius 1 is 1.36 bits per heavy atom. The van der Waals surface area contributed by atoms with Crippen molar-refractivity contribution in [1.29, 1.82) is 0 Å². The Hall–Kier alpha value is -1.02. The summed E-state index contributed by atoms with van der Waals surface area (Å²) in [7, 11) is 2.77. The zero-order valence-corrected chi connectivity index (χ0v) is 15.9. The van der Waals surface area contributed by atoms with Crippen LogP contribution in [0.5, 0.6) is 5.75 Å². The van der Waals surface area contributed by atoms with E-state index in [-0.39, 0.29) is 5.56 Å². The van der Waals surface area contributed by atoms with Gasteiger partial charge in [-0.3, -0.25) is 4.79 Å². The van der Waals surface area contributed by atoms with E-state index in [2.05, 4.69) is 27.9 Å². The molecule has 122 valence electrons. The lowest BCUT2D eigenvalue weighted by molar-refractivity contribution is -0.147. The minimum absolute atomic E-state index is 0.277. The Morgan fingerprint density at radius 3 is 2.50 bits per heavy atom. The predicted octanol–water partition coefficient (Wildman–Crippen LogP) is 3.41. The number of amides is 1. The molecule has 1 unspecified atom stereocenters. The maximum absolute atomic E-state index is 12.5. The number of carbonyl (C=O) groups is 2. The molecular weight excluding hydrogens is 421 g/mol. The molecular formula is C15H19ClINO4. The standard InChI is InChI=1S/C15H19ClINO4/c1-5-6-15(2,14(20)22-4)18-13(19)9-7-10(16)11(17)8-12(9)21-3/h7-8H,5-6H2,1-4H3,(H,18,19). The Balaban J connectivity index is 3.15. The van der Waals surface area contributed by atoms with Gasteiger partial charge in [-0.15, -0.1) is 0 Å². The second-order valence-corrected chi connectivity index (χ2v) is 6.56. The van der Waals surface area contributed by atoms with Gasteiger partial charge in [0.2, 0.25) is 0 Å². The van der Waals surface area contributed by atoms with Crippen molar-refractivity contribution >= 4 is 46.1 Å². The van der Waals surface area contributed by atoms with Gasteiger partial charge in [0.1, 0.15) is 11.3 Å². The molecule has 22 heavy (non-hydrogen) atoms. The Morgan fingerprint density at radius 2 is 2.00 bits per heavy atom. The number of hydrogen-bond acceptors (Lipinski definition) is 4. The minimum Gasteiger partial charge on any atom is -0.496 e. The van der Waals surface area contributed by atoms with E-state index in [1.54, 1.807) is 13.0 Å². The number of halogens is 2. The molecule has 0 aliphatic heterocycles. The fourth-order valence-electron chi connectivity index (χ4n) is 2.13. The van der Waals surface area contributed by atoms with Crippen molar-refractivity contribution in [1.82, 2.24) is 5.32 Å². The smallest absolute Gasteiger partial charge is 0.331 e. The first kappa shape index (κ1) is 19.0. The predicted molar refractivity (Wildman–Crippen MR) is 93.5 cm³/mol. The van der Waals surface area contributed by atoms with Crippen molar-refractivity contribution < 1.29 is 19.1 Å². The topological polar surface area (TPSA) is 64.6 Å². The second kappa shape index (κ2) is 8.01. The molecule has 0 aromatic heterocycles. The zero-order chi connectivity index (χ0) is 16.9. The minimum atomic E-state index is -1.10. The van der Waals surface area contributed by atoms with E-state index in [0.29, 0.717) is 17.2 Å². The summed E-state index contributed by atoms with van der Waals surface area (Å²) in [5.41, 5.74) is -0.819. The van der Waals surface area contributed by atoms with Crippen molar-refractivity contribution in [3.8, 4) is 5.75 Å². The van der Waals surface area contributed by atoms with Gasteiger partial charge in [0.05, 0.1) is 24.8 Å². The van der Waals surface area contributed by atoms with Crippen LogP contribution in [0, 0.1) is 3.57 Å². The molecule has 1 amide bonds. The van der Waals surface area contributed by atoms with E-state index >= 15 is 0 Å². The molecule has 0 radical (unpaired) electrons. The van der Waals surface area contributed by atoms with E-state index < -0.39 is 17.4 Å². The maximum atomic E-state index is 12.5. The fourth-order valence-corrected chi connectivity index (χ4v) is 2.74. The van der Waals surface area contributed by atoms with Gasteiger partial charge in [0.15, 0.2) is 0 Å². The number of ether oxygens (including phenoxy) is 2. The number of rotatable bonds is 6. The van der Waals surface area contributed by atoms with E-state index in [9.17, 15) is 9.59 Å². The third kappa shape index (κ3) is 4.25. The number of benzene rings is 1. The molecule has 5 nitrogen and oxygen atoms in total. The summed E-state index contributed by atoms with van der Waals surface area (Å²) in [5, 5.41) is 3.17. The van der Waals surface area contributed by atoms with Crippen molar-refractivity contribution in [2.24, 2.45) is 0 Å². The summed E-state index contributed by atoms with van der Waals surface area (Å²) in [6.07, 6.45) is 1.18. The van der Waals surface area contributed by atoms with Crippen LogP contribution < -0.4 is 10.1 Å². The first-order valence-corrected chi connectivity index (χ1v) is 8.18. The highest BCUT2D eigenvalue weighted by Gasteiger charge is 2.36. The lowest BCUT2D eigenvalue weighted by Gasteiger charge is -2.27. The Bertz CT molecular complexity index is 579. The third-order valence-corrected chi connectivity index (χ3v) is 4.79. The van der Waals surface area contributed by atoms with Crippen molar-refractivity contribution in [2.45, 2.75) is 32.2 Å². The first-order chi connectivity index (χ1) is 10.3. The van der Waals surface area contributed by atoms with Crippen molar-refractivity contribution in [3.05, 3.63) is 26.3 Å². The van der Waals surface area contributed by atoms with Gasteiger partial charge < -0.3 is 14.8 Å². The molecule has 1 aromatic rings. The normalized spacial score (nSPS) is 13.2. The van der Waals surface area contributed by atoms with Gasteiger partial charge in [-0.2, -0.15) is 0 Å². The van der Waals surface area contributed by atoms with Crippen LogP contribution in [0.25, 0.3) is 0 Å². The molecule has 7 heteroatoms. The molecule has 0 saturated heterocycles. The van der Waals surface area contributed by atoms with Gasteiger partial charge in [0.25, 0.3) is 5.91 Å². The van der Waals surface area contributed by atoms with Gasteiger partial charge >= 0.3 is 5.97 Å². The number of nitrogens with one attached hydrogen (secondary N) is 1. The largest absolute Gasteiger partial charge is 0.496 e. The van der Waals surface area contributed by atoms with Gasteiger partial charge in [-0.05, 0) is 48.1 Å². The fraction of sp³-hybridized carbons (Fsp3) is 0.467. The van der Waals surface area contributed by atoms with Crippen LogP contribution in [-0.4, -0.2) is 31.6 Å². The molecule has 1 atom stereocenters. The highest BCUT2D eigenvalue weighted by molar-refractivity contribution is 14.1. The van der Waals surface area contributed by atoms with Crippen LogP contribution in [0.2, 0.25) is 5.02 Å². The third-order valence-electron chi connectivity index (χ3n) is 3.26. The SMILES string of the molecule is CCCC(C)(NC(=O)c1cc(Cl)c(I)cc1OC)C(=O)OC. The van der Waals surface area contributed by atoms with E-state index in [1.807, 2.05) is 6.92 Å². The highest BCUT2D eigenvalue weighted by Crippen LogP contribution is 2.29. The number of carbonyl (C=O) groups excluding carboxylic acids is 2. The Labute approximate surface area is 148 Å². The molecule has 0 saturated carbocycles. The van der Waals surface area contributed by atoms with Gasteiger partial charge in [-0.1, -0.05) is 24.9 Å². The van der Waals surface area contributed by atoms with Crippen molar-refractivity contribution in [2.75, 3.05) is 14.2 Å². The number of esters is 1. The van der Waals surface area contributed by atoms with Crippen LogP contribution >= 0.6 is 34.2 Å². The molecule has 1 N–H and O–H groups in total. The number of hydrogen-bond donors (Lipinski definition) is 1. The van der Waals surface area contributed by atoms with E-state index in [4.69, 9.17) is 21.1 Å². The maximum Gasteiger partial charge on any atom is 0.331 e. The molecule has 0 aliphatic carbocycles. The molecule has 0 aliphatic rings. The second-order valence-electron chi connectivity index (χ2n) is 4.99. The van der Waals surface area contributed by atoms with E-state index in [1.165, 1.54) is 20.3 Å².